The second-order valence-corrected chi connectivity index (χ2v) is 20.9. The third-order valence-corrected chi connectivity index (χ3v) is 14.7. The fourth-order valence-corrected chi connectivity index (χ4v) is 10.4. The van der Waals surface area contributed by atoms with Gasteiger partial charge in [0.15, 0.2) is 0 Å². The first-order valence-corrected chi connectivity index (χ1v) is 28.0. The number of carbonyl (C=O) groups excluding carboxylic acids is 3. The normalized spacial score (nSPS) is 20.5. The largest absolute Gasteiger partial charge is 0.466 e. The number of unbranched alkanes of at least 4 members (excludes halogenated alkanes) is 18. The Kier molecular flexibility index (Phi) is 35.6. The molecule has 374 valence electrons. The molecule has 2 saturated carbocycles. The molecular weight excluding hydrogens is 795 g/mol. The summed E-state index contributed by atoms with van der Waals surface area (Å²) in [6.07, 6.45) is 45.5. The summed E-state index contributed by atoms with van der Waals surface area (Å²) in [5.41, 5.74) is 0. The first-order chi connectivity index (χ1) is 31.2. The summed E-state index contributed by atoms with van der Waals surface area (Å²) in [5, 5.41) is 0. The van der Waals surface area contributed by atoms with Crippen LogP contribution in [0.5, 0.6) is 0 Å². The van der Waals surface area contributed by atoms with E-state index in [1.165, 1.54) is 141 Å². The van der Waals surface area contributed by atoms with Crippen molar-refractivity contribution in [2.75, 3.05) is 33.9 Å². The standard InChI is InChI=1S/C57H105NO6/c1-7-11-15-18-23-29-35-49(34-28-17-13-9-3)57(61)63-47-48(33-27-22-20-21-25-31-37-51-45-50(51)36-30-24-19-16-12-8-2)42-44-62-56(60)46-52-40-41-54(53(52)38-26-14-10-4)64-55(59)39-32-43-58(5)6/h14,26,48-54H,7-13,15-25,27-47H2,1-6H3/b26-14-. The number of hydrogen-bond donors (Lipinski definition) is 0. The summed E-state index contributed by atoms with van der Waals surface area (Å²) in [4.78, 5) is 41.9. The van der Waals surface area contributed by atoms with E-state index in [1.807, 2.05) is 14.1 Å². The number of hydrogen-bond acceptors (Lipinski definition) is 7. The number of ether oxygens (including phenoxy) is 3. The Morgan fingerprint density at radius 1 is 0.578 bits per heavy atom. The molecule has 0 heterocycles. The van der Waals surface area contributed by atoms with Crippen molar-refractivity contribution in [1.82, 2.24) is 4.90 Å². The van der Waals surface area contributed by atoms with Crippen LogP contribution in [-0.2, 0) is 28.6 Å². The monoisotopic (exact) mass is 900 g/mol. The zero-order chi connectivity index (χ0) is 46.5. The second-order valence-electron chi connectivity index (χ2n) is 20.9. The van der Waals surface area contributed by atoms with E-state index in [2.05, 4.69) is 44.7 Å². The van der Waals surface area contributed by atoms with Crippen LogP contribution in [0.2, 0.25) is 0 Å². The lowest BCUT2D eigenvalue weighted by Crippen LogP contribution is -2.27. The first kappa shape index (κ1) is 58.2. The molecule has 0 radical (unpaired) electrons. The third kappa shape index (κ3) is 29.7. The van der Waals surface area contributed by atoms with Crippen LogP contribution in [-0.4, -0.2) is 62.8 Å². The molecule has 2 fully saturated rings. The van der Waals surface area contributed by atoms with E-state index in [1.54, 1.807) is 0 Å². The fraction of sp³-hybridized carbons (Fsp3) is 0.912. The van der Waals surface area contributed by atoms with Gasteiger partial charge in [-0.05, 0) is 109 Å². The second kappa shape index (κ2) is 39.1. The third-order valence-electron chi connectivity index (χ3n) is 14.7. The molecule has 0 saturated heterocycles. The average molecular weight is 900 g/mol. The minimum absolute atomic E-state index is 0.00403. The van der Waals surface area contributed by atoms with Crippen LogP contribution < -0.4 is 0 Å². The molecule has 0 bridgehead atoms. The van der Waals surface area contributed by atoms with E-state index in [0.29, 0.717) is 26.1 Å². The van der Waals surface area contributed by atoms with Crippen LogP contribution in [0.15, 0.2) is 12.2 Å². The molecule has 0 aromatic rings. The molecule has 2 aliphatic carbocycles. The summed E-state index contributed by atoms with van der Waals surface area (Å²) in [6.45, 7) is 10.6. The minimum atomic E-state index is -0.158. The highest BCUT2D eigenvalue weighted by Crippen LogP contribution is 2.46. The highest BCUT2D eigenvalue weighted by atomic mass is 16.5. The van der Waals surface area contributed by atoms with Crippen LogP contribution in [0.25, 0.3) is 0 Å². The molecule has 7 unspecified atom stereocenters. The zero-order valence-electron chi connectivity index (χ0n) is 43.2. The van der Waals surface area contributed by atoms with Crippen molar-refractivity contribution in [2.24, 2.45) is 35.5 Å². The van der Waals surface area contributed by atoms with Gasteiger partial charge in [-0.2, -0.15) is 0 Å². The van der Waals surface area contributed by atoms with Gasteiger partial charge in [-0.1, -0.05) is 194 Å². The fourth-order valence-electron chi connectivity index (χ4n) is 10.4. The number of carbonyl (C=O) groups is 3. The molecule has 7 nitrogen and oxygen atoms in total. The van der Waals surface area contributed by atoms with Gasteiger partial charge in [-0.3, -0.25) is 14.4 Å². The van der Waals surface area contributed by atoms with Crippen LogP contribution in [0, 0.1) is 35.5 Å². The Morgan fingerprint density at radius 2 is 1.12 bits per heavy atom. The van der Waals surface area contributed by atoms with E-state index in [-0.39, 0.29) is 47.7 Å². The van der Waals surface area contributed by atoms with E-state index < -0.39 is 0 Å². The topological polar surface area (TPSA) is 82.1 Å². The Labute approximate surface area is 396 Å². The Balaban J connectivity index is 1.88. The van der Waals surface area contributed by atoms with Gasteiger partial charge in [-0.25, -0.2) is 0 Å². The lowest BCUT2D eigenvalue weighted by atomic mass is 9.88. The highest BCUT2D eigenvalue weighted by Gasteiger charge is 2.39. The number of esters is 3. The lowest BCUT2D eigenvalue weighted by Gasteiger charge is -2.24. The van der Waals surface area contributed by atoms with E-state index >= 15 is 0 Å². The molecule has 0 N–H and O–H groups in total. The van der Waals surface area contributed by atoms with Crippen LogP contribution in [0.3, 0.4) is 0 Å². The van der Waals surface area contributed by atoms with E-state index in [9.17, 15) is 14.4 Å². The molecule has 7 atom stereocenters. The van der Waals surface area contributed by atoms with Gasteiger partial charge in [0.2, 0.25) is 0 Å². The molecule has 0 spiro atoms. The van der Waals surface area contributed by atoms with Gasteiger partial charge >= 0.3 is 17.9 Å². The predicted molar refractivity (Wildman–Crippen MR) is 269 cm³/mol. The van der Waals surface area contributed by atoms with Crippen LogP contribution >= 0.6 is 0 Å². The molecule has 7 heteroatoms. The first-order valence-electron chi connectivity index (χ1n) is 28.0. The Bertz CT molecular complexity index is 1170. The SMILES string of the molecule is CC/C=C\CC1C(CC(=O)OCCC(CCCCCCCCC2CC2CCCCCCCC)COC(=O)C(CCCCCC)CCCCCCCC)CCC1OC(=O)CCCN(C)C. The van der Waals surface area contributed by atoms with Gasteiger partial charge in [0, 0.05) is 18.8 Å². The molecule has 0 aromatic heterocycles. The number of allylic oxidation sites excluding steroid dienone is 2. The predicted octanol–water partition coefficient (Wildman–Crippen LogP) is 15.9. The lowest BCUT2D eigenvalue weighted by molar-refractivity contribution is -0.153. The van der Waals surface area contributed by atoms with Crippen molar-refractivity contribution in [3.63, 3.8) is 0 Å². The van der Waals surface area contributed by atoms with Crippen molar-refractivity contribution in [3.05, 3.63) is 12.2 Å². The number of nitrogens with zero attached hydrogens (tertiary/aromatic N) is 1. The maximum atomic E-state index is 13.7. The van der Waals surface area contributed by atoms with Crippen LogP contribution in [0.1, 0.15) is 259 Å². The summed E-state index contributed by atoms with van der Waals surface area (Å²) < 4.78 is 18.2. The van der Waals surface area contributed by atoms with Gasteiger partial charge in [0.25, 0.3) is 0 Å². The average Bonchev–Trinajstić information content (AvgIpc) is 3.93. The van der Waals surface area contributed by atoms with Gasteiger partial charge in [-0.15, -0.1) is 0 Å². The van der Waals surface area contributed by atoms with Crippen LogP contribution in [0.4, 0.5) is 0 Å². The summed E-state index contributed by atoms with van der Waals surface area (Å²) in [7, 11) is 4.04. The molecule has 0 amide bonds. The highest BCUT2D eigenvalue weighted by molar-refractivity contribution is 5.72. The van der Waals surface area contributed by atoms with Crippen molar-refractivity contribution in [3.8, 4) is 0 Å². The van der Waals surface area contributed by atoms with E-state index in [4.69, 9.17) is 14.2 Å². The molecule has 2 aliphatic rings. The van der Waals surface area contributed by atoms with Gasteiger partial charge < -0.3 is 19.1 Å². The molecule has 2 rings (SSSR count). The molecular formula is C57H105NO6. The van der Waals surface area contributed by atoms with Crippen molar-refractivity contribution in [1.29, 1.82) is 0 Å². The van der Waals surface area contributed by atoms with Crippen molar-refractivity contribution in [2.45, 2.75) is 265 Å². The summed E-state index contributed by atoms with van der Waals surface area (Å²) >= 11 is 0. The van der Waals surface area contributed by atoms with Gasteiger partial charge in [0.1, 0.15) is 6.10 Å². The maximum absolute atomic E-state index is 13.7. The zero-order valence-corrected chi connectivity index (χ0v) is 43.2. The summed E-state index contributed by atoms with van der Waals surface area (Å²) in [6, 6.07) is 0. The molecule has 0 aliphatic heterocycles. The molecule has 64 heavy (non-hydrogen) atoms. The molecule has 0 aromatic carbocycles. The van der Waals surface area contributed by atoms with Crippen molar-refractivity contribution < 1.29 is 28.6 Å². The Hall–Kier alpha value is -1.89. The van der Waals surface area contributed by atoms with E-state index in [0.717, 1.165) is 95.4 Å². The smallest absolute Gasteiger partial charge is 0.308 e. The minimum Gasteiger partial charge on any atom is -0.466 e. The quantitative estimate of drug-likeness (QED) is 0.0261. The van der Waals surface area contributed by atoms with Gasteiger partial charge in [0.05, 0.1) is 19.1 Å². The van der Waals surface area contributed by atoms with Crippen molar-refractivity contribution >= 4 is 17.9 Å². The number of rotatable bonds is 44. The summed E-state index contributed by atoms with van der Waals surface area (Å²) in [5.74, 6) is 2.22. The Morgan fingerprint density at radius 3 is 1.70 bits per heavy atom. The maximum Gasteiger partial charge on any atom is 0.308 e.